The van der Waals surface area contributed by atoms with Gasteiger partial charge in [-0.2, -0.15) is 0 Å². The molecule has 21 heavy (non-hydrogen) atoms. The van der Waals surface area contributed by atoms with E-state index in [0.717, 1.165) is 38.0 Å². The minimum Gasteiger partial charge on any atom is -0.393 e. The number of hydrogen-bond donors (Lipinski definition) is 1. The van der Waals surface area contributed by atoms with Gasteiger partial charge in [0.15, 0.2) is 0 Å². The number of piperidine rings is 2. The molecular weight excluding hydrogens is 264 g/mol. The van der Waals surface area contributed by atoms with Crippen LogP contribution >= 0.6 is 0 Å². The topological polar surface area (TPSA) is 35.9 Å². The highest BCUT2D eigenvalue weighted by Crippen LogP contribution is 2.30. The van der Waals surface area contributed by atoms with Gasteiger partial charge in [-0.3, -0.25) is 0 Å². The molecule has 0 aromatic carbocycles. The largest absolute Gasteiger partial charge is 0.393 e. The summed E-state index contributed by atoms with van der Waals surface area (Å²) >= 11 is 0. The van der Waals surface area contributed by atoms with Crippen LogP contribution in [0, 0.1) is 0 Å². The smallest absolute Gasteiger partial charge is 0.0595 e. The predicted molar refractivity (Wildman–Crippen MR) is 84.5 cm³/mol. The minimum absolute atomic E-state index is 0.00463. The average Bonchev–Trinajstić information content (AvgIpc) is 3.42. The summed E-state index contributed by atoms with van der Waals surface area (Å²) in [5, 5.41) is 9.20. The van der Waals surface area contributed by atoms with Crippen LogP contribution in [0.2, 0.25) is 0 Å². The summed E-state index contributed by atoms with van der Waals surface area (Å²) < 4.78 is 5.31. The van der Waals surface area contributed by atoms with E-state index in [2.05, 4.69) is 9.80 Å². The molecule has 0 spiro atoms. The van der Waals surface area contributed by atoms with Gasteiger partial charge in [-0.1, -0.05) is 0 Å². The zero-order valence-electron chi connectivity index (χ0n) is 13.5. The summed E-state index contributed by atoms with van der Waals surface area (Å²) in [6.45, 7) is 4.80. The van der Waals surface area contributed by atoms with E-state index in [1.165, 1.54) is 51.6 Å². The second kappa shape index (κ2) is 7.40. The maximum absolute atomic E-state index is 9.20. The minimum atomic E-state index is -0.00463. The molecule has 2 aliphatic heterocycles. The highest BCUT2D eigenvalue weighted by Gasteiger charge is 2.32. The van der Waals surface area contributed by atoms with Gasteiger partial charge in [-0.15, -0.1) is 0 Å². The monoisotopic (exact) mass is 296 g/mol. The van der Waals surface area contributed by atoms with Crippen LogP contribution in [0.5, 0.6) is 0 Å². The van der Waals surface area contributed by atoms with E-state index >= 15 is 0 Å². The standard InChI is InChI=1S/C9H17NO.C8H15NO/c1-11-9-4-6-10(7-5-9)8-2-3-8;10-8-3-5-9(6-4-8)7-1-2-7/h8-9H,2-7H2,1H3;7-8,10H,1-6H2. The molecule has 4 nitrogen and oxygen atoms in total. The van der Waals surface area contributed by atoms with E-state index in [1.807, 2.05) is 7.11 Å². The SMILES string of the molecule is COC1CCN(C2CC2)CC1.OC1CCN(C2CC2)CC1. The molecule has 122 valence electrons. The summed E-state index contributed by atoms with van der Waals surface area (Å²) in [5.74, 6) is 0. The Kier molecular flexibility index (Phi) is 5.54. The number of aliphatic hydroxyl groups excluding tert-OH is 1. The number of likely N-dealkylation sites (tertiary alicyclic amines) is 2. The third kappa shape index (κ3) is 4.92. The summed E-state index contributed by atoms with van der Waals surface area (Å²) in [6, 6.07) is 1.85. The molecule has 0 aromatic rings. The van der Waals surface area contributed by atoms with Crippen molar-refractivity contribution in [1.29, 1.82) is 0 Å². The normalized spacial score (nSPS) is 30.0. The third-order valence-electron chi connectivity index (χ3n) is 5.44. The quantitative estimate of drug-likeness (QED) is 0.862. The highest BCUT2D eigenvalue weighted by atomic mass is 16.5. The van der Waals surface area contributed by atoms with Gasteiger partial charge in [-0.25, -0.2) is 0 Å². The van der Waals surface area contributed by atoms with E-state index < -0.39 is 0 Å². The van der Waals surface area contributed by atoms with Crippen molar-refractivity contribution in [1.82, 2.24) is 9.80 Å². The van der Waals surface area contributed by atoms with Gasteiger partial charge in [0, 0.05) is 45.4 Å². The molecule has 0 unspecified atom stereocenters. The van der Waals surface area contributed by atoms with Crippen LogP contribution in [0.3, 0.4) is 0 Å². The molecule has 4 heteroatoms. The molecule has 0 atom stereocenters. The lowest BCUT2D eigenvalue weighted by atomic mass is 10.1. The molecule has 0 amide bonds. The van der Waals surface area contributed by atoms with Crippen LogP contribution < -0.4 is 0 Å². The van der Waals surface area contributed by atoms with Crippen molar-refractivity contribution < 1.29 is 9.84 Å². The fourth-order valence-electron chi connectivity index (χ4n) is 3.61. The Morgan fingerprint density at radius 3 is 1.52 bits per heavy atom. The van der Waals surface area contributed by atoms with E-state index in [0.29, 0.717) is 6.10 Å². The van der Waals surface area contributed by atoms with Crippen LogP contribution in [-0.4, -0.2) is 72.5 Å². The van der Waals surface area contributed by atoms with E-state index in [-0.39, 0.29) is 6.10 Å². The highest BCUT2D eigenvalue weighted by molar-refractivity contribution is 4.88. The zero-order chi connectivity index (χ0) is 14.7. The van der Waals surface area contributed by atoms with Crippen LogP contribution in [0.1, 0.15) is 51.4 Å². The van der Waals surface area contributed by atoms with Crippen molar-refractivity contribution >= 4 is 0 Å². The first-order valence-corrected chi connectivity index (χ1v) is 8.95. The molecule has 2 saturated heterocycles. The first-order valence-electron chi connectivity index (χ1n) is 8.95. The van der Waals surface area contributed by atoms with Crippen molar-refractivity contribution in [3.63, 3.8) is 0 Å². The molecule has 2 saturated carbocycles. The number of methoxy groups -OCH3 is 1. The van der Waals surface area contributed by atoms with Gasteiger partial charge in [-0.05, 0) is 51.4 Å². The van der Waals surface area contributed by atoms with E-state index in [1.54, 1.807) is 0 Å². The Balaban J connectivity index is 0.000000126. The number of rotatable bonds is 3. The van der Waals surface area contributed by atoms with Crippen molar-refractivity contribution in [3.05, 3.63) is 0 Å². The summed E-state index contributed by atoms with van der Waals surface area (Å²) in [7, 11) is 1.83. The van der Waals surface area contributed by atoms with Crippen molar-refractivity contribution in [2.24, 2.45) is 0 Å². The average molecular weight is 296 g/mol. The second-order valence-corrected chi connectivity index (χ2v) is 7.20. The predicted octanol–water partition coefficient (Wildman–Crippen LogP) is 1.87. The first-order chi connectivity index (χ1) is 10.3. The van der Waals surface area contributed by atoms with E-state index in [9.17, 15) is 5.11 Å². The van der Waals surface area contributed by atoms with Gasteiger partial charge in [0.1, 0.15) is 0 Å². The van der Waals surface area contributed by atoms with Crippen molar-refractivity contribution in [2.45, 2.75) is 75.7 Å². The molecule has 0 radical (unpaired) electrons. The maximum Gasteiger partial charge on any atom is 0.0595 e. The van der Waals surface area contributed by atoms with Gasteiger partial charge >= 0.3 is 0 Å². The molecule has 4 rings (SSSR count). The Bertz CT molecular complexity index is 302. The Morgan fingerprint density at radius 2 is 1.14 bits per heavy atom. The molecular formula is C17H32N2O2. The molecule has 2 heterocycles. The Hall–Kier alpha value is -0.160. The zero-order valence-corrected chi connectivity index (χ0v) is 13.5. The van der Waals surface area contributed by atoms with Gasteiger partial charge in [0.05, 0.1) is 12.2 Å². The maximum atomic E-state index is 9.20. The van der Waals surface area contributed by atoms with Crippen LogP contribution in [0.25, 0.3) is 0 Å². The van der Waals surface area contributed by atoms with Crippen LogP contribution in [0.4, 0.5) is 0 Å². The third-order valence-corrected chi connectivity index (χ3v) is 5.44. The Morgan fingerprint density at radius 1 is 0.714 bits per heavy atom. The lowest BCUT2D eigenvalue weighted by Gasteiger charge is -2.30. The van der Waals surface area contributed by atoms with E-state index in [4.69, 9.17) is 4.74 Å². The number of nitrogens with zero attached hydrogens (tertiary/aromatic N) is 2. The van der Waals surface area contributed by atoms with Crippen molar-refractivity contribution in [2.75, 3.05) is 33.3 Å². The van der Waals surface area contributed by atoms with Crippen LogP contribution in [0.15, 0.2) is 0 Å². The molecule has 0 bridgehead atoms. The molecule has 0 aromatic heterocycles. The lowest BCUT2D eigenvalue weighted by Crippen LogP contribution is -2.37. The van der Waals surface area contributed by atoms with Gasteiger partial charge in [0.25, 0.3) is 0 Å². The second-order valence-electron chi connectivity index (χ2n) is 7.20. The molecule has 4 fully saturated rings. The lowest BCUT2D eigenvalue weighted by molar-refractivity contribution is 0.0388. The number of hydrogen-bond acceptors (Lipinski definition) is 4. The molecule has 1 N–H and O–H groups in total. The number of ether oxygens (including phenoxy) is 1. The van der Waals surface area contributed by atoms with Gasteiger partial charge in [0.2, 0.25) is 0 Å². The number of aliphatic hydroxyl groups is 1. The Labute approximate surface area is 129 Å². The molecule has 4 aliphatic rings. The first kappa shape index (κ1) is 15.7. The fraction of sp³-hybridized carbons (Fsp3) is 1.00. The summed E-state index contributed by atoms with van der Waals surface area (Å²) in [5.41, 5.74) is 0. The summed E-state index contributed by atoms with van der Waals surface area (Å²) in [6.07, 6.45) is 10.7. The molecule has 2 aliphatic carbocycles. The summed E-state index contributed by atoms with van der Waals surface area (Å²) in [4.78, 5) is 5.14. The van der Waals surface area contributed by atoms with Gasteiger partial charge < -0.3 is 19.6 Å². The fourth-order valence-corrected chi connectivity index (χ4v) is 3.61. The van der Waals surface area contributed by atoms with Crippen LogP contribution in [-0.2, 0) is 4.74 Å². The van der Waals surface area contributed by atoms with Crippen molar-refractivity contribution in [3.8, 4) is 0 Å².